The number of aliphatic hydroxyl groups is 1. The number of nitrogens with one attached hydrogen (secondary N) is 1. The highest BCUT2D eigenvalue weighted by atomic mass is 16.5. The zero-order chi connectivity index (χ0) is 12.6. The maximum Gasteiger partial charge on any atom is 0.317 e. The molecule has 0 bridgehead atoms. The van der Waals surface area contributed by atoms with Gasteiger partial charge in [-0.15, -0.1) is 0 Å². The summed E-state index contributed by atoms with van der Waals surface area (Å²) in [5.74, 6) is 0.508. The predicted molar refractivity (Wildman–Crippen MR) is 63.4 cm³/mol. The molecule has 96 valence electrons. The summed E-state index contributed by atoms with van der Waals surface area (Å²) in [4.78, 5) is 12.9. The Kier molecular flexibility index (Phi) is 7.93. The molecule has 0 saturated carbocycles. The molecular weight excluding hydrogens is 208 g/mol. The van der Waals surface area contributed by atoms with Gasteiger partial charge in [-0.3, -0.25) is 0 Å². The lowest BCUT2D eigenvalue weighted by Gasteiger charge is -2.19. The van der Waals surface area contributed by atoms with Gasteiger partial charge in [0.1, 0.15) is 0 Å². The molecule has 0 radical (unpaired) electrons. The van der Waals surface area contributed by atoms with Crippen molar-refractivity contribution in [1.82, 2.24) is 10.2 Å². The largest absolute Gasteiger partial charge is 0.392 e. The average molecular weight is 232 g/mol. The van der Waals surface area contributed by atoms with Crippen LogP contribution in [0, 0.1) is 5.92 Å². The van der Waals surface area contributed by atoms with Gasteiger partial charge in [-0.25, -0.2) is 4.79 Å². The van der Waals surface area contributed by atoms with Gasteiger partial charge in [0.2, 0.25) is 0 Å². The Morgan fingerprint density at radius 1 is 1.44 bits per heavy atom. The number of ether oxygens (including phenoxy) is 1. The van der Waals surface area contributed by atoms with Gasteiger partial charge in [0.05, 0.1) is 12.7 Å². The van der Waals surface area contributed by atoms with Gasteiger partial charge in [-0.2, -0.15) is 0 Å². The number of carbonyl (C=O) groups excluding carboxylic acids is 1. The van der Waals surface area contributed by atoms with Crippen LogP contribution in [-0.4, -0.2) is 55.5 Å². The number of nitrogens with zero attached hydrogens (tertiary/aromatic N) is 1. The minimum absolute atomic E-state index is 0.186. The van der Waals surface area contributed by atoms with Crippen LogP contribution >= 0.6 is 0 Å². The summed E-state index contributed by atoms with van der Waals surface area (Å²) in [6.45, 7) is 7.86. The van der Waals surface area contributed by atoms with Crippen molar-refractivity contribution in [3.05, 3.63) is 0 Å². The number of amides is 2. The third-order valence-corrected chi connectivity index (χ3v) is 1.86. The van der Waals surface area contributed by atoms with Gasteiger partial charge in [0, 0.05) is 26.7 Å². The SMILES string of the molecule is CC(C)COCCNC(=O)N(C)CC(C)O. The van der Waals surface area contributed by atoms with E-state index >= 15 is 0 Å². The lowest BCUT2D eigenvalue weighted by atomic mass is 10.2. The lowest BCUT2D eigenvalue weighted by molar-refractivity contribution is 0.109. The first-order chi connectivity index (χ1) is 7.43. The Hall–Kier alpha value is -0.810. The standard InChI is InChI=1S/C11H24N2O3/c1-9(2)8-16-6-5-12-11(15)13(4)7-10(3)14/h9-10,14H,5-8H2,1-4H3,(H,12,15). The molecule has 1 atom stereocenters. The van der Waals surface area contributed by atoms with E-state index in [0.29, 0.717) is 32.2 Å². The minimum atomic E-state index is -0.507. The monoisotopic (exact) mass is 232 g/mol. The van der Waals surface area contributed by atoms with Crippen LogP contribution in [-0.2, 0) is 4.74 Å². The molecule has 0 spiro atoms. The van der Waals surface area contributed by atoms with Crippen molar-refractivity contribution in [3.8, 4) is 0 Å². The number of urea groups is 1. The summed E-state index contributed by atoms with van der Waals surface area (Å²) >= 11 is 0. The Balaban J connectivity index is 3.50. The van der Waals surface area contributed by atoms with Crippen LogP contribution in [0.4, 0.5) is 4.79 Å². The molecule has 2 N–H and O–H groups in total. The van der Waals surface area contributed by atoms with Crippen LogP contribution in [0.2, 0.25) is 0 Å². The first kappa shape index (κ1) is 15.2. The molecule has 0 heterocycles. The maximum atomic E-state index is 11.4. The van der Waals surface area contributed by atoms with Gasteiger partial charge >= 0.3 is 6.03 Å². The van der Waals surface area contributed by atoms with Crippen LogP contribution in [0.3, 0.4) is 0 Å². The number of likely N-dealkylation sites (N-methyl/N-ethyl adjacent to an activating group) is 1. The zero-order valence-corrected chi connectivity index (χ0v) is 10.7. The predicted octanol–water partition coefficient (Wildman–Crippen LogP) is 0.681. The first-order valence-corrected chi connectivity index (χ1v) is 5.68. The molecule has 16 heavy (non-hydrogen) atoms. The average Bonchev–Trinajstić information content (AvgIpc) is 2.15. The van der Waals surface area contributed by atoms with Crippen molar-refractivity contribution in [2.75, 3.05) is 33.4 Å². The maximum absolute atomic E-state index is 11.4. The van der Waals surface area contributed by atoms with Crippen molar-refractivity contribution in [2.24, 2.45) is 5.92 Å². The van der Waals surface area contributed by atoms with Gasteiger partial charge in [0.25, 0.3) is 0 Å². The third kappa shape index (κ3) is 8.49. The van der Waals surface area contributed by atoms with Crippen molar-refractivity contribution < 1.29 is 14.6 Å². The van der Waals surface area contributed by atoms with Crippen molar-refractivity contribution in [1.29, 1.82) is 0 Å². The van der Waals surface area contributed by atoms with Crippen LogP contribution in [0.25, 0.3) is 0 Å². The molecule has 0 aliphatic carbocycles. The van der Waals surface area contributed by atoms with Gasteiger partial charge in [-0.1, -0.05) is 13.8 Å². The Labute approximate surface area is 97.8 Å². The van der Waals surface area contributed by atoms with E-state index in [1.807, 2.05) is 0 Å². The zero-order valence-electron chi connectivity index (χ0n) is 10.7. The third-order valence-electron chi connectivity index (χ3n) is 1.86. The van der Waals surface area contributed by atoms with Gasteiger partial charge < -0.3 is 20.1 Å². The van der Waals surface area contributed by atoms with Crippen LogP contribution in [0.1, 0.15) is 20.8 Å². The smallest absolute Gasteiger partial charge is 0.317 e. The van der Waals surface area contributed by atoms with Crippen LogP contribution in [0.5, 0.6) is 0 Å². The highest BCUT2D eigenvalue weighted by Crippen LogP contribution is 1.92. The number of hydrogen-bond acceptors (Lipinski definition) is 3. The molecule has 0 saturated heterocycles. The van der Waals surface area contributed by atoms with Crippen molar-refractivity contribution in [3.63, 3.8) is 0 Å². The van der Waals surface area contributed by atoms with E-state index in [1.165, 1.54) is 4.90 Å². The summed E-state index contributed by atoms with van der Waals surface area (Å²) in [6, 6.07) is -0.186. The lowest BCUT2D eigenvalue weighted by Crippen LogP contribution is -2.41. The fourth-order valence-corrected chi connectivity index (χ4v) is 1.16. The summed E-state index contributed by atoms with van der Waals surface area (Å²) < 4.78 is 5.32. The van der Waals surface area contributed by atoms with Gasteiger partial charge in [-0.05, 0) is 12.8 Å². The molecule has 5 nitrogen and oxygen atoms in total. The molecule has 0 rings (SSSR count). The molecule has 5 heteroatoms. The number of aliphatic hydroxyl groups excluding tert-OH is 1. The molecule has 0 aromatic rings. The first-order valence-electron chi connectivity index (χ1n) is 5.68. The van der Waals surface area contributed by atoms with Crippen molar-refractivity contribution >= 4 is 6.03 Å². The Morgan fingerprint density at radius 3 is 2.56 bits per heavy atom. The fraction of sp³-hybridized carbons (Fsp3) is 0.909. The second-order valence-electron chi connectivity index (χ2n) is 4.43. The molecule has 0 aliphatic rings. The van der Waals surface area contributed by atoms with Crippen molar-refractivity contribution in [2.45, 2.75) is 26.9 Å². The molecular formula is C11H24N2O3. The number of rotatable bonds is 7. The van der Waals surface area contributed by atoms with Gasteiger partial charge in [0.15, 0.2) is 0 Å². The second-order valence-corrected chi connectivity index (χ2v) is 4.43. The molecule has 1 unspecified atom stereocenters. The summed E-state index contributed by atoms with van der Waals surface area (Å²) in [7, 11) is 1.65. The van der Waals surface area contributed by atoms with E-state index < -0.39 is 6.10 Å². The highest BCUT2D eigenvalue weighted by molar-refractivity contribution is 5.73. The fourth-order valence-electron chi connectivity index (χ4n) is 1.16. The summed E-state index contributed by atoms with van der Waals surface area (Å²) in [6.07, 6.45) is -0.507. The van der Waals surface area contributed by atoms with E-state index in [9.17, 15) is 4.79 Å². The Bertz CT molecular complexity index is 196. The topological polar surface area (TPSA) is 61.8 Å². The molecule has 0 fully saturated rings. The Morgan fingerprint density at radius 2 is 2.06 bits per heavy atom. The second kappa shape index (κ2) is 8.35. The number of carbonyl (C=O) groups is 1. The summed E-state index contributed by atoms with van der Waals surface area (Å²) in [5.41, 5.74) is 0. The van der Waals surface area contributed by atoms with E-state index in [-0.39, 0.29) is 6.03 Å². The number of hydrogen-bond donors (Lipinski definition) is 2. The quantitative estimate of drug-likeness (QED) is 0.635. The van der Waals surface area contributed by atoms with E-state index in [2.05, 4.69) is 19.2 Å². The molecule has 0 aromatic heterocycles. The van der Waals surface area contributed by atoms with Crippen LogP contribution in [0.15, 0.2) is 0 Å². The molecule has 0 aromatic carbocycles. The molecule has 0 aliphatic heterocycles. The minimum Gasteiger partial charge on any atom is -0.392 e. The van der Waals surface area contributed by atoms with Crippen LogP contribution < -0.4 is 5.32 Å². The van der Waals surface area contributed by atoms with E-state index in [4.69, 9.17) is 9.84 Å². The van der Waals surface area contributed by atoms with E-state index in [0.717, 1.165) is 0 Å². The normalized spacial score (nSPS) is 12.6. The highest BCUT2D eigenvalue weighted by Gasteiger charge is 2.09. The summed E-state index contributed by atoms with van der Waals surface area (Å²) in [5, 5.41) is 11.8. The molecule has 2 amide bonds. The van der Waals surface area contributed by atoms with E-state index in [1.54, 1.807) is 14.0 Å².